The largest absolute Gasteiger partial charge is 0.497 e. The van der Waals surface area contributed by atoms with Crippen LogP contribution in [-0.2, 0) is 18.9 Å². The standard InChI is InChI=1S/C40H72O4S2/c1-9-17-21-32(13-5)26-41-36-25-37(45-30-36)39-40(43-28-34(15-7)23-19-11-3,44-29-35(16-8)24-20-12-4)38(31-46-39)42-27-33(14-6)22-18-10-2/h25,31-35H,9-24,26-30H2,1-8H3. The molecule has 4 unspecified atom stereocenters. The van der Waals surface area contributed by atoms with Gasteiger partial charge in [-0.25, -0.2) is 0 Å². The van der Waals surface area contributed by atoms with Crippen LogP contribution in [-0.4, -0.2) is 38.0 Å². The molecule has 0 spiro atoms. The summed E-state index contributed by atoms with van der Waals surface area (Å²) < 4.78 is 27.5. The van der Waals surface area contributed by atoms with Gasteiger partial charge in [0.15, 0.2) is 5.76 Å². The Morgan fingerprint density at radius 2 is 1.04 bits per heavy atom. The zero-order valence-electron chi connectivity index (χ0n) is 31.3. The van der Waals surface area contributed by atoms with E-state index >= 15 is 0 Å². The number of unbranched alkanes of at least 4 members (excludes halogenated alkanes) is 4. The van der Waals surface area contributed by atoms with Gasteiger partial charge in [0, 0.05) is 10.3 Å². The molecule has 4 nitrogen and oxygen atoms in total. The minimum absolute atomic E-state index is 0.508. The van der Waals surface area contributed by atoms with Crippen LogP contribution in [0.2, 0.25) is 0 Å². The molecular weight excluding hydrogens is 609 g/mol. The number of allylic oxidation sites excluding steroid dienone is 1. The van der Waals surface area contributed by atoms with Gasteiger partial charge in [0.05, 0.1) is 37.1 Å². The Morgan fingerprint density at radius 3 is 1.48 bits per heavy atom. The maximum absolute atomic E-state index is 7.14. The Balaban J connectivity index is 2.46. The maximum Gasteiger partial charge on any atom is 0.263 e. The molecule has 0 fully saturated rings. The van der Waals surface area contributed by atoms with E-state index in [2.05, 4.69) is 66.9 Å². The topological polar surface area (TPSA) is 36.9 Å². The highest BCUT2D eigenvalue weighted by atomic mass is 32.2. The lowest BCUT2D eigenvalue weighted by Crippen LogP contribution is -2.41. The molecule has 0 aromatic carbocycles. The van der Waals surface area contributed by atoms with Gasteiger partial charge >= 0.3 is 0 Å². The summed E-state index contributed by atoms with van der Waals surface area (Å²) in [5, 5.41) is 2.19. The fraction of sp³-hybridized carbons (Fsp3) is 0.850. The predicted octanol–water partition coefficient (Wildman–Crippen LogP) is 13.0. The predicted molar refractivity (Wildman–Crippen MR) is 203 cm³/mol. The summed E-state index contributed by atoms with van der Waals surface area (Å²) in [5.74, 6) is 4.00. The van der Waals surface area contributed by atoms with Gasteiger partial charge in [-0.05, 0) is 55.4 Å². The van der Waals surface area contributed by atoms with Gasteiger partial charge in [-0.15, -0.1) is 11.8 Å². The van der Waals surface area contributed by atoms with Crippen LogP contribution in [0, 0.1) is 23.7 Å². The Kier molecular flexibility index (Phi) is 22.2. The third-order valence-electron chi connectivity index (χ3n) is 9.99. The highest BCUT2D eigenvalue weighted by molar-refractivity contribution is 8.08. The first-order valence-electron chi connectivity index (χ1n) is 19.4. The smallest absolute Gasteiger partial charge is 0.263 e. The molecule has 0 N–H and O–H groups in total. The van der Waals surface area contributed by atoms with E-state index in [1.54, 1.807) is 11.8 Å². The molecular formula is C40H72O4S2. The Hall–Kier alpha value is -0.560. The van der Waals surface area contributed by atoms with Crippen LogP contribution in [0.15, 0.2) is 32.8 Å². The van der Waals surface area contributed by atoms with Crippen molar-refractivity contribution in [2.75, 3.05) is 32.2 Å². The fourth-order valence-corrected chi connectivity index (χ4v) is 8.39. The number of thioether (sulfide) groups is 2. The summed E-state index contributed by atoms with van der Waals surface area (Å²) in [5.41, 5.74) is 0. The molecule has 0 aromatic heterocycles. The van der Waals surface area contributed by atoms with Crippen LogP contribution in [0.25, 0.3) is 0 Å². The first-order valence-corrected chi connectivity index (χ1v) is 21.3. The molecule has 0 aromatic rings. The van der Waals surface area contributed by atoms with Crippen LogP contribution in [0.1, 0.15) is 158 Å². The lowest BCUT2D eigenvalue weighted by Gasteiger charge is -2.36. The van der Waals surface area contributed by atoms with E-state index in [1.807, 2.05) is 11.8 Å². The van der Waals surface area contributed by atoms with Crippen molar-refractivity contribution in [1.82, 2.24) is 0 Å². The number of hydrogen-bond acceptors (Lipinski definition) is 6. The minimum Gasteiger partial charge on any atom is -0.497 e. The van der Waals surface area contributed by atoms with Crippen molar-refractivity contribution < 1.29 is 18.9 Å². The van der Waals surface area contributed by atoms with Crippen molar-refractivity contribution in [3.63, 3.8) is 0 Å². The molecule has 0 saturated carbocycles. The third kappa shape index (κ3) is 13.7. The molecule has 6 heteroatoms. The summed E-state index contributed by atoms with van der Waals surface area (Å²) in [4.78, 5) is 2.36. The number of ether oxygens (including phenoxy) is 4. The van der Waals surface area contributed by atoms with Crippen LogP contribution in [0.5, 0.6) is 0 Å². The van der Waals surface area contributed by atoms with Gasteiger partial charge in [0.25, 0.3) is 5.79 Å². The second kappa shape index (κ2) is 24.6. The van der Waals surface area contributed by atoms with Crippen LogP contribution in [0.4, 0.5) is 0 Å². The Morgan fingerprint density at radius 1 is 0.609 bits per heavy atom. The van der Waals surface area contributed by atoms with Crippen molar-refractivity contribution in [3.05, 3.63) is 32.8 Å². The zero-order chi connectivity index (χ0) is 33.6. The van der Waals surface area contributed by atoms with Crippen LogP contribution in [0.3, 0.4) is 0 Å². The molecule has 0 saturated heterocycles. The third-order valence-corrected chi connectivity index (χ3v) is 12.2. The quantitative estimate of drug-likeness (QED) is 0.0766. The minimum atomic E-state index is -0.992. The number of rotatable bonds is 28. The molecule has 2 aliphatic rings. The van der Waals surface area contributed by atoms with Crippen molar-refractivity contribution >= 4 is 23.5 Å². The van der Waals surface area contributed by atoms with E-state index in [1.165, 1.54) is 88.4 Å². The highest BCUT2D eigenvalue weighted by Gasteiger charge is 2.50. The van der Waals surface area contributed by atoms with E-state index in [9.17, 15) is 0 Å². The van der Waals surface area contributed by atoms with E-state index in [-0.39, 0.29) is 0 Å². The van der Waals surface area contributed by atoms with Crippen molar-refractivity contribution in [2.24, 2.45) is 23.7 Å². The normalized spacial score (nSPS) is 22.4. The molecule has 46 heavy (non-hydrogen) atoms. The lowest BCUT2D eigenvalue weighted by atomic mass is 9.99. The van der Waals surface area contributed by atoms with Crippen LogP contribution >= 0.6 is 23.5 Å². The van der Waals surface area contributed by atoms with Crippen molar-refractivity contribution in [1.29, 1.82) is 0 Å². The molecule has 268 valence electrons. The van der Waals surface area contributed by atoms with E-state index in [4.69, 9.17) is 18.9 Å². The molecule has 2 heterocycles. The van der Waals surface area contributed by atoms with Gasteiger partial charge in [0.2, 0.25) is 0 Å². The molecule has 0 amide bonds. The summed E-state index contributed by atoms with van der Waals surface area (Å²) in [7, 11) is 0. The van der Waals surface area contributed by atoms with Crippen LogP contribution < -0.4 is 0 Å². The molecule has 0 aliphatic carbocycles. The first-order chi connectivity index (χ1) is 22.4. The van der Waals surface area contributed by atoms with E-state index in [0.717, 1.165) is 48.0 Å². The Labute approximate surface area is 294 Å². The second-order valence-corrected chi connectivity index (χ2v) is 15.6. The lowest BCUT2D eigenvalue weighted by molar-refractivity contribution is -0.215. The first kappa shape index (κ1) is 41.6. The maximum atomic E-state index is 7.14. The van der Waals surface area contributed by atoms with Gasteiger partial charge in [-0.1, -0.05) is 144 Å². The van der Waals surface area contributed by atoms with Gasteiger partial charge < -0.3 is 18.9 Å². The average Bonchev–Trinajstić information content (AvgIpc) is 3.69. The van der Waals surface area contributed by atoms with E-state index < -0.39 is 5.79 Å². The monoisotopic (exact) mass is 680 g/mol. The van der Waals surface area contributed by atoms with Gasteiger partial charge in [0.1, 0.15) is 5.76 Å². The summed E-state index contributed by atoms with van der Waals surface area (Å²) in [6.45, 7) is 21.2. The second-order valence-electron chi connectivity index (χ2n) is 13.7. The van der Waals surface area contributed by atoms with Crippen molar-refractivity contribution in [2.45, 2.75) is 164 Å². The molecule has 0 radical (unpaired) electrons. The summed E-state index contributed by atoms with van der Waals surface area (Å²) in [6, 6.07) is 0. The van der Waals surface area contributed by atoms with Crippen molar-refractivity contribution in [3.8, 4) is 0 Å². The average molecular weight is 681 g/mol. The number of hydrogen-bond donors (Lipinski definition) is 0. The summed E-state index contributed by atoms with van der Waals surface area (Å²) in [6.07, 6.45) is 21.5. The van der Waals surface area contributed by atoms with Gasteiger partial charge in [-0.2, -0.15) is 0 Å². The zero-order valence-corrected chi connectivity index (χ0v) is 32.9. The van der Waals surface area contributed by atoms with E-state index in [0.29, 0.717) is 43.5 Å². The highest BCUT2D eigenvalue weighted by Crippen LogP contribution is 2.52. The molecule has 2 rings (SSSR count). The summed E-state index contributed by atoms with van der Waals surface area (Å²) >= 11 is 3.62. The Bertz CT molecular complexity index is 878. The van der Waals surface area contributed by atoms with Gasteiger partial charge in [-0.3, -0.25) is 0 Å². The fourth-order valence-electron chi connectivity index (χ4n) is 6.13. The molecule has 2 aliphatic heterocycles. The SMILES string of the molecule is CCCCC(CC)COC1=CC(=C2SC=C(OCC(CC)CCCC)C2(OCC(CC)CCCC)OCC(CC)CCCC)SC1. The molecule has 4 atom stereocenters. The molecule has 0 bridgehead atoms.